The maximum absolute atomic E-state index is 6.50. The highest BCUT2D eigenvalue weighted by molar-refractivity contribution is 7.99. The number of aromatic nitrogens is 4. The van der Waals surface area contributed by atoms with Crippen LogP contribution < -0.4 is 27.2 Å². The molecule has 3 aromatic rings. The molecule has 0 spiro atoms. The summed E-state index contributed by atoms with van der Waals surface area (Å²) in [6.07, 6.45) is 0. The Morgan fingerprint density at radius 3 is 2.63 bits per heavy atom. The van der Waals surface area contributed by atoms with Crippen molar-refractivity contribution in [1.82, 2.24) is 25.5 Å². The monoisotopic (exact) mass is 468 g/mol. The van der Waals surface area contributed by atoms with E-state index in [1.807, 2.05) is 56.4 Å². The number of aryl methyl sites for hydroxylation is 1. The van der Waals surface area contributed by atoms with E-state index in [1.165, 1.54) is 0 Å². The van der Waals surface area contributed by atoms with Gasteiger partial charge in [-0.05, 0) is 40.6 Å². The Kier molecular flexibility index (Phi) is 10.2. The molecule has 2 aromatic carbocycles. The predicted octanol–water partition coefficient (Wildman–Crippen LogP) is 0.727. The topological polar surface area (TPSA) is 74.1 Å². The molecular weight excluding hydrogens is 445 g/mol. The SMILES string of the molecule is CCOc1cc(CNCCSc2nnnn2C)cc(Cl)c1OCc1ccccc1.[Cl-]. The van der Waals surface area contributed by atoms with Crippen LogP contribution in [0.3, 0.4) is 0 Å². The molecule has 10 heteroatoms. The van der Waals surface area contributed by atoms with Gasteiger partial charge in [-0.1, -0.05) is 53.7 Å². The van der Waals surface area contributed by atoms with Crippen LogP contribution >= 0.6 is 23.4 Å². The summed E-state index contributed by atoms with van der Waals surface area (Å²) >= 11 is 8.10. The Morgan fingerprint density at radius 1 is 1.13 bits per heavy atom. The van der Waals surface area contributed by atoms with Crippen LogP contribution in [0.1, 0.15) is 18.1 Å². The molecule has 162 valence electrons. The van der Waals surface area contributed by atoms with Crippen molar-refractivity contribution in [2.75, 3.05) is 18.9 Å². The van der Waals surface area contributed by atoms with Gasteiger partial charge in [0, 0.05) is 25.9 Å². The first-order valence-corrected chi connectivity index (χ1v) is 10.7. The standard InChI is InChI=1S/C20H24ClN5O2S.ClH/c1-3-27-18-12-16(13-22-9-10-29-20-23-24-25-26(20)2)11-17(21)19(18)28-14-15-7-5-4-6-8-15;/h4-8,11-12,22H,3,9-10,13-14H2,1-2H3;1H/p-1. The highest BCUT2D eigenvalue weighted by atomic mass is 35.5. The van der Waals surface area contributed by atoms with Crippen LogP contribution in [0.5, 0.6) is 11.5 Å². The number of hydrogen-bond acceptors (Lipinski definition) is 7. The number of tetrazole rings is 1. The van der Waals surface area contributed by atoms with Gasteiger partial charge in [0.2, 0.25) is 5.16 Å². The minimum Gasteiger partial charge on any atom is -1.00 e. The van der Waals surface area contributed by atoms with E-state index < -0.39 is 0 Å². The minimum atomic E-state index is 0. The first-order valence-electron chi connectivity index (χ1n) is 9.35. The van der Waals surface area contributed by atoms with Crippen LogP contribution in [-0.4, -0.2) is 39.1 Å². The molecule has 0 amide bonds. The van der Waals surface area contributed by atoms with E-state index >= 15 is 0 Å². The number of hydrogen-bond donors (Lipinski definition) is 1. The van der Waals surface area contributed by atoms with Crippen molar-refractivity contribution >= 4 is 23.4 Å². The second-order valence-electron chi connectivity index (χ2n) is 6.22. The summed E-state index contributed by atoms with van der Waals surface area (Å²) in [5, 5.41) is 16.1. The summed E-state index contributed by atoms with van der Waals surface area (Å²) < 4.78 is 13.4. The number of benzene rings is 2. The first kappa shape index (κ1) is 24.3. The summed E-state index contributed by atoms with van der Waals surface area (Å²) in [6.45, 7) is 4.41. The van der Waals surface area contributed by atoms with E-state index in [4.69, 9.17) is 21.1 Å². The van der Waals surface area contributed by atoms with Gasteiger partial charge in [-0.3, -0.25) is 0 Å². The Morgan fingerprint density at radius 2 is 1.93 bits per heavy atom. The van der Waals surface area contributed by atoms with E-state index in [0.29, 0.717) is 36.3 Å². The fraction of sp³-hybridized carbons (Fsp3) is 0.350. The lowest BCUT2D eigenvalue weighted by Crippen LogP contribution is -3.00. The van der Waals surface area contributed by atoms with Gasteiger partial charge in [-0.25, -0.2) is 4.68 Å². The second kappa shape index (κ2) is 12.6. The molecule has 0 aliphatic rings. The summed E-state index contributed by atoms with van der Waals surface area (Å²) in [5.74, 6) is 2.09. The summed E-state index contributed by atoms with van der Waals surface area (Å²) in [7, 11) is 1.83. The maximum atomic E-state index is 6.50. The molecule has 0 aliphatic carbocycles. The highest BCUT2D eigenvalue weighted by Crippen LogP contribution is 2.37. The van der Waals surface area contributed by atoms with Gasteiger partial charge in [0.25, 0.3) is 0 Å². The zero-order valence-corrected chi connectivity index (χ0v) is 19.2. The molecule has 0 fully saturated rings. The largest absolute Gasteiger partial charge is 1.00 e. The predicted molar refractivity (Wildman–Crippen MR) is 115 cm³/mol. The first-order chi connectivity index (χ1) is 14.2. The highest BCUT2D eigenvalue weighted by Gasteiger charge is 2.13. The number of ether oxygens (including phenoxy) is 2. The quantitative estimate of drug-likeness (QED) is 0.328. The lowest BCUT2D eigenvalue weighted by molar-refractivity contribution is -0.00000681. The molecule has 0 unspecified atom stereocenters. The van der Waals surface area contributed by atoms with Crippen molar-refractivity contribution in [3.8, 4) is 11.5 Å². The van der Waals surface area contributed by atoms with Crippen LogP contribution in [0.2, 0.25) is 5.02 Å². The normalized spacial score (nSPS) is 10.5. The number of nitrogens with zero attached hydrogens (tertiary/aromatic N) is 4. The zero-order valence-electron chi connectivity index (χ0n) is 16.8. The van der Waals surface area contributed by atoms with Crippen molar-refractivity contribution in [2.24, 2.45) is 7.05 Å². The molecule has 7 nitrogen and oxygen atoms in total. The average molecular weight is 469 g/mol. The summed E-state index contributed by atoms with van der Waals surface area (Å²) in [5.41, 5.74) is 2.11. The molecule has 3 rings (SSSR count). The van der Waals surface area contributed by atoms with Gasteiger partial charge in [0.15, 0.2) is 11.5 Å². The maximum Gasteiger partial charge on any atom is 0.209 e. The van der Waals surface area contributed by atoms with E-state index in [0.717, 1.165) is 28.6 Å². The van der Waals surface area contributed by atoms with Gasteiger partial charge in [-0.15, -0.1) is 5.10 Å². The minimum absolute atomic E-state index is 0. The van der Waals surface area contributed by atoms with E-state index in [1.54, 1.807) is 16.4 Å². The second-order valence-corrected chi connectivity index (χ2v) is 7.69. The molecular formula is C20H24Cl2N5O2S-. The van der Waals surface area contributed by atoms with Crippen molar-refractivity contribution in [3.05, 3.63) is 58.6 Å². The van der Waals surface area contributed by atoms with Gasteiger partial charge in [0.05, 0.1) is 11.6 Å². The van der Waals surface area contributed by atoms with Crippen molar-refractivity contribution < 1.29 is 21.9 Å². The Balaban J connectivity index is 0.00000320. The van der Waals surface area contributed by atoms with Gasteiger partial charge >= 0.3 is 0 Å². The lowest BCUT2D eigenvalue weighted by Gasteiger charge is -2.15. The van der Waals surface area contributed by atoms with Crippen LogP contribution in [-0.2, 0) is 20.2 Å². The lowest BCUT2D eigenvalue weighted by atomic mass is 10.2. The summed E-state index contributed by atoms with van der Waals surface area (Å²) in [4.78, 5) is 0. The zero-order chi connectivity index (χ0) is 20.5. The molecule has 0 bridgehead atoms. The molecule has 0 saturated heterocycles. The molecule has 0 saturated carbocycles. The Bertz CT molecular complexity index is 911. The van der Waals surface area contributed by atoms with Crippen LogP contribution in [0.15, 0.2) is 47.6 Å². The van der Waals surface area contributed by atoms with Crippen molar-refractivity contribution in [3.63, 3.8) is 0 Å². The molecule has 30 heavy (non-hydrogen) atoms. The van der Waals surface area contributed by atoms with Gasteiger partial charge < -0.3 is 27.2 Å². The number of halogens is 2. The third kappa shape index (κ3) is 7.05. The molecule has 1 N–H and O–H groups in total. The fourth-order valence-electron chi connectivity index (χ4n) is 2.65. The molecule has 0 atom stereocenters. The number of rotatable bonds is 11. The molecule has 1 heterocycles. The van der Waals surface area contributed by atoms with E-state index in [2.05, 4.69) is 20.8 Å². The van der Waals surface area contributed by atoms with Gasteiger partial charge in [0.1, 0.15) is 6.61 Å². The summed E-state index contributed by atoms with van der Waals surface area (Å²) in [6, 6.07) is 13.9. The van der Waals surface area contributed by atoms with E-state index in [-0.39, 0.29) is 12.4 Å². The van der Waals surface area contributed by atoms with Crippen molar-refractivity contribution in [1.29, 1.82) is 0 Å². The van der Waals surface area contributed by atoms with Crippen LogP contribution in [0.25, 0.3) is 0 Å². The van der Waals surface area contributed by atoms with E-state index in [9.17, 15) is 0 Å². The number of thioether (sulfide) groups is 1. The molecule has 0 aliphatic heterocycles. The molecule has 0 radical (unpaired) electrons. The fourth-order valence-corrected chi connectivity index (χ4v) is 3.68. The Hall–Kier alpha value is -2.00. The number of nitrogens with one attached hydrogen (secondary N) is 1. The van der Waals surface area contributed by atoms with Gasteiger partial charge in [-0.2, -0.15) is 0 Å². The van der Waals surface area contributed by atoms with Crippen LogP contribution in [0.4, 0.5) is 0 Å². The molecule has 1 aromatic heterocycles. The smallest absolute Gasteiger partial charge is 0.209 e. The third-order valence-electron chi connectivity index (χ3n) is 4.02. The van der Waals surface area contributed by atoms with Crippen LogP contribution in [0, 0.1) is 0 Å². The average Bonchev–Trinajstić information content (AvgIpc) is 3.13. The van der Waals surface area contributed by atoms with Crippen molar-refractivity contribution in [2.45, 2.75) is 25.2 Å². The Labute approximate surface area is 191 Å². The third-order valence-corrected chi connectivity index (χ3v) is 5.31.